The molecule has 20 heavy (non-hydrogen) atoms. The van der Waals surface area contributed by atoms with Crippen molar-refractivity contribution < 1.29 is 9.53 Å². The largest absolute Gasteiger partial charge is 0.428 e. The van der Waals surface area contributed by atoms with Crippen molar-refractivity contribution in [2.24, 2.45) is 0 Å². The molecule has 0 N–H and O–H groups in total. The molecule has 5 heteroatoms. The van der Waals surface area contributed by atoms with Crippen molar-refractivity contribution in [2.75, 3.05) is 0 Å². The summed E-state index contributed by atoms with van der Waals surface area (Å²) in [5.74, 6) is 0.554. The molecule has 0 aliphatic carbocycles. The maximum absolute atomic E-state index is 10.5. The van der Waals surface area contributed by atoms with Gasteiger partial charge in [0.05, 0.1) is 5.69 Å². The Balaban J connectivity index is 2.13. The lowest BCUT2D eigenvalue weighted by molar-refractivity contribution is -0.120. The number of benzene rings is 2. The Hall–Kier alpha value is -2.69. The van der Waals surface area contributed by atoms with E-state index in [1.54, 1.807) is 4.80 Å². The second-order valence-corrected chi connectivity index (χ2v) is 4.60. The summed E-state index contributed by atoms with van der Waals surface area (Å²) < 4.78 is 4.94. The van der Waals surface area contributed by atoms with Gasteiger partial charge in [-0.2, -0.15) is 4.80 Å². The van der Waals surface area contributed by atoms with E-state index in [4.69, 9.17) is 4.74 Å². The minimum atomic E-state index is 0.432. The minimum Gasteiger partial charge on any atom is -0.428 e. The summed E-state index contributed by atoms with van der Waals surface area (Å²) in [6.45, 7) is 4.24. The molecule has 0 unspecified atom stereocenters. The third-order valence-corrected chi connectivity index (χ3v) is 3.17. The molecule has 1 aromatic heterocycles. The highest BCUT2D eigenvalue weighted by atomic mass is 16.5. The number of fused-ring (bicyclic) bond motifs is 1. The maximum Gasteiger partial charge on any atom is 0.298 e. The molecule has 0 radical (unpaired) electrons. The smallest absolute Gasteiger partial charge is 0.298 e. The van der Waals surface area contributed by atoms with Gasteiger partial charge in [-0.15, -0.1) is 10.2 Å². The number of carbonyl (C=O) groups excluding carboxylic acids is 1. The highest BCUT2D eigenvalue weighted by Gasteiger charge is 2.10. The van der Waals surface area contributed by atoms with Crippen LogP contribution in [0.4, 0.5) is 0 Å². The molecule has 0 saturated heterocycles. The molecule has 1 heterocycles. The Kier molecular flexibility index (Phi) is 2.95. The van der Waals surface area contributed by atoms with E-state index in [1.807, 2.05) is 50.2 Å². The van der Waals surface area contributed by atoms with Gasteiger partial charge in [-0.1, -0.05) is 12.1 Å². The number of rotatable bonds is 3. The third-order valence-electron chi connectivity index (χ3n) is 3.17. The molecule has 0 bridgehead atoms. The Morgan fingerprint density at radius 2 is 1.70 bits per heavy atom. The van der Waals surface area contributed by atoms with Crippen molar-refractivity contribution in [1.29, 1.82) is 0 Å². The average molecular weight is 267 g/mol. The third kappa shape index (κ3) is 2.03. The number of aromatic nitrogens is 3. The molecule has 3 rings (SSSR count). The first-order valence-electron chi connectivity index (χ1n) is 6.23. The number of ether oxygens (including phenoxy) is 1. The number of carbonyl (C=O) groups is 1. The van der Waals surface area contributed by atoms with Crippen molar-refractivity contribution >= 4 is 17.5 Å². The Morgan fingerprint density at radius 3 is 2.30 bits per heavy atom. The predicted molar refractivity (Wildman–Crippen MR) is 75.0 cm³/mol. The van der Waals surface area contributed by atoms with Gasteiger partial charge in [0.15, 0.2) is 0 Å². The van der Waals surface area contributed by atoms with Crippen molar-refractivity contribution in [3.8, 4) is 11.4 Å². The normalized spacial score (nSPS) is 10.7. The standard InChI is InChI=1S/C15H13N3O2/c1-10-8-15(20-9-19)11(2)7-14(10)18-16-12-5-3-4-6-13(12)17-18/h3-9H,1-2H3. The Labute approximate surface area is 115 Å². The van der Waals surface area contributed by atoms with Gasteiger partial charge < -0.3 is 4.74 Å². The van der Waals surface area contributed by atoms with Gasteiger partial charge >= 0.3 is 0 Å². The van der Waals surface area contributed by atoms with E-state index in [1.165, 1.54) is 0 Å². The van der Waals surface area contributed by atoms with E-state index in [-0.39, 0.29) is 0 Å². The van der Waals surface area contributed by atoms with E-state index in [2.05, 4.69) is 10.2 Å². The van der Waals surface area contributed by atoms with Crippen LogP contribution in [0.15, 0.2) is 36.4 Å². The van der Waals surface area contributed by atoms with Crippen molar-refractivity contribution in [2.45, 2.75) is 13.8 Å². The molecule has 3 aromatic rings. The van der Waals surface area contributed by atoms with Crippen LogP contribution in [0.1, 0.15) is 11.1 Å². The second-order valence-electron chi connectivity index (χ2n) is 4.60. The van der Waals surface area contributed by atoms with Gasteiger partial charge in [-0.3, -0.25) is 4.79 Å². The van der Waals surface area contributed by atoms with Crippen molar-refractivity contribution in [3.63, 3.8) is 0 Å². The first-order chi connectivity index (χ1) is 9.69. The summed E-state index contributed by atoms with van der Waals surface area (Å²) >= 11 is 0. The number of hydrogen-bond acceptors (Lipinski definition) is 4. The van der Waals surface area contributed by atoms with Crippen LogP contribution < -0.4 is 4.74 Å². The van der Waals surface area contributed by atoms with Crippen LogP contribution >= 0.6 is 0 Å². The summed E-state index contributed by atoms with van der Waals surface area (Å²) in [5, 5.41) is 8.91. The lowest BCUT2D eigenvalue weighted by Crippen LogP contribution is -2.03. The Bertz CT molecular complexity index is 760. The molecular formula is C15H13N3O2. The zero-order valence-corrected chi connectivity index (χ0v) is 11.2. The molecule has 0 saturated carbocycles. The number of aryl methyl sites for hydroxylation is 2. The van der Waals surface area contributed by atoms with Crippen LogP contribution in [0.5, 0.6) is 5.75 Å². The zero-order chi connectivity index (χ0) is 14.1. The first kappa shape index (κ1) is 12.3. The molecule has 2 aromatic carbocycles. The SMILES string of the molecule is Cc1cc(-n2nc3ccccc3n2)c(C)cc1OC=O. The fourth-order valence-electron chi connectivity index (χ4n) is 2.14. The minimum absolute atomic E-state index is 0.432. The Morgan fingerprint density at radius 1 is 1.05 bits per heavy atom. The van der Waals surface area contributed by atoms with E-state index >= 15 is 0 Å². The lowest BCUT2D eigenvalue weighted by Gasteiger charge is -2.09. The summed E-state index contributed by atoms with van der Waals surface area (Å²) in [7, 11) is 0. The lowest BCUT2D eigenvalue weighted by atomic mass is 10.1. The fraction of sp³-hybridized carbons (Fsp3) is 0.133. The summed E-state index contributed by atoms with van der Waals surface area (Å²) in [5.41, 5.74) is 4.36. The van der Waals surface area contributed by atoms with E-state index < -0.39 is 0 Å². The highest BCUT2D eigenvalue weighted by molar-refractivity contribution is 5.73. The first-order valence-corrected chi connectivity index (χ1v) is 6.23. The molecule has 0 aliphatic rings. The molecule has 100 valence electrons. The molecular weight excluding hydrogens is 254 g/mol. The summed E-state index contributed by atoms with van der Waals surface area (Å²) in [6.07, 6.45) is 0. The van der Waals surface area contributed by atoms with Crippen molar-refractivity contribution in [3.05, 3.63) is 47.5 Å². The van der Waals surface area contributed by atoms with Crippen LogP contribution in [-0.4, -0.2) is 21.5 Å². The predicted octanol–water partition coefficient (Wildman–Crippen LogP) is 2.57. The topological polar surface area (TPSA) is 57.0 Å². The molecule has 0 fully saturated rings. The highest BCUT2D eigenvalue weighted by Crippen LogP contribution is 2.25. The molecule has 5 nitrogen and oxygen atoms in total. The van der Waals surface area contributed by atoms with E-state index in [0.717, 1.165) is 27.8 Å². The molecule has 0 amide bonds. The van der Waals surface area contributed by atoms with Crippen LogP contribution in [0.3, 0.4) is 0 Å². The quantitative estimate of drug-likeness (QED) is 0.684. The molecule has 0 spiro atoms. The summed E-state index contributed by atoms with van der Waals surface area (Å²) in [4.78, 5) is 12.1. The van der Waals surface area contributed by atoms with Gasteiger partial charge in [0, 0.05) is 0 Å². The average Bonchev–Trinajstić information content (AvgIpc) is 2.86. The number of nitrogens with zero attached hydrogens (tertiary/aromatic N) is 3. The fourth-order valence-corrected chi connectivity index (χ4v) is 2.14. The number of hydrogen-bond donors (Lipinski definition) is 0. The van der Waals surface area contributed by atoms with Crippen LogP contribution in [0, 0.1) is 13.8 Å². The van der Waals surface area contributed by atoms with E-state index in [0.29, 0.717) is 12.2 Å². The summed E-state index contributed by atoms with van der Waals surface area (Å²) in [6, 6.07) is 11.4. The zero-order valence-electron chi connectivity index (χ0n) is 11.2. The van der Waals surface area contributed by atoms with Crippen molar-refractivity contribution in [1.82, 2.24) is 15.0 Å². The maximum atomic E-state index is 10.5. The molecule has 0 atom stereocenters. The van der Waals surface area contributed by atoms with Crippen LogP contribution in [-0.2, 0) is 4.79 Å². The van der Waals surface area contributed by atoms with Gasteiger partial charge in [0.1, 0.15) is 16.8 Å². The van der Waals surface area contributed by atoms with E-state index in [9.17, 15) is 4.79 Å². The van der Waals surface area contributed by atoms with Gasteiger partial charge in [0.2, 0.25) is 0 Å². The molecule has 0 aliphatic heterocycles. The van der Waals surface area contributed by atoms with Gasteiger partial charge in [-0.05, 0) is 49.2 Å². The van der Waals surface area contributed by atoms with Gasteiger partial charge in [-0.25, -0.2) is 0 Å². The monoisotopic (exact) mass is 267 g/mol. The van der Waals surface area contributed by atoms with Crippen LogP contribution in [0.2, 0.25) is 0 Å². The van der Waals surface area contributed by atoms with Crippen LogP contribution in [0.25, 0.3) is 16.7 Å². The second kappa shape index (κ2) is 4.77. The van der Waals surface area contributed by atoms with Gasteiger partial charge in [0.25, 0.3) is 6.47 Å².